The zero-order chi connectivity index (χ0) is 26.9. The smallest absolute Gasteiger partial charge is 0.374 e. The first-order valence-electron chi connectivity index (χ1n) is 12.3. The van der Waals surface area contributed by atoms with Crippen LogP contribution in [-0.2, 0) is 14.3 Å². The topological polar surface area (TPSA) is 93.8 Å². The Bertz CT molecular complexity index is 1180. The number of carbonyl (C=O) groups excluding carboxylic acids is 3. The first-order valence-corrected chi connectivity index (χ1v) is 13.3. The minimum Gasteiger partial charge on any atom is -0.457 e. The predicted molar refractivity (Wildman–Crippen MR) is 129 cm³/mol. The molecular formula is C27H29F3O6S. The van der Waals surface area contributed by atoms with E-state index in [9.17, 15) is 23.9 Å². The fourth-order valence-corrected chi connectivity index (χ4v) is 8.68. The van der Waals surface area contributed by atoms with E-state index in [2.05, 4.69) is 0 Å². The Balaban J connectivity index is 1.66. The molecule has 0 saturated heterocycles. The van der Waals surface area contributed by atoms with Gasteiger partial charge in [0.2, 0.25) is 5.76 Å². The number of hydrogen-bond donors (Lipinski definition) is 1. The summed E-state index contributed by atoms with van der Waals surface area (Å²) in [5.41, 5.74) is -5.43. The number of rotatable bonds is 4. The van der Waals surface area contributed by atoms with Gasteiger partial charge in [0.1, 0.15) is 12.1 Å². The Labute approximate surface area is 216 Å². The third kappa shape index (κ3) is 3.54. The molecule has 0 bridgehead atoms. The Hall–Kier alpha value is -2.33. The zero-order valence-electron chi connectivity index (χ0n) is 20.7. The Kier molecular flexibility index (Phi) is 6.30. The quantitative estimate of drug-likeness (QED) is 0.552. The predicted octanol–water partition coefficient (Wildman–Crippen LogP) is 4.78. The standard InChI is InChI=1S/C27H29F3O6S/c1-13-9-15-20-22(36-23(33)17-5-4-8-35-17)21(29)16-10-14(31)6-7-26(16,3)27(20,30)18(32)11-25(15,2)19(13)24(34)37-12-28/h4-8,10,13,15,18-22,32H,9,11-12H2,1-3H3/t13-,15+,18+,19-,20-,21-,22+,25+,26+,27-/m1/s1. The van der Waals surface area contributed by atoms with Crippen LogP contribution in [0.4, 0.5) is 13.2 Å². The highest BCUT2D eigenvalue weighted by Crippen LogP contribution is 2.70. The molecule has 0 unspecified atom stereocenters. The van der Waals surface area contributed by atoms with E-state index in [1.165, 1.54) is 31.4 Å². The highest BCUT2D eigenvalue weighted by molar-refractivity contribution is 8.13. The number of aliphatic hydroxyl groups excluding tert-OH is 1. The number of fused-ring (bicyclic) bond motifs is 5. The van der Waals surface area contributed by atoms with Crippen molar-refractivity contribution in [2.24, 2.45) is 34.5 Å². The lowest BCUT2D eigenvalue weighted by Crippen LogP contribution is -2.72. The van der Waals surface area contributed by atoms with Gasteiger partial charge < -0.3 is 14.3 Å². The molecular weight excluding hydrogens is 509 g/mol. The lowest BCUT2D eigenvalue weighted by atomic mass is 9.44. The van der Waals surface area contributed by atoms with E-state index < -0.39 is 75.5 Å². The molecule has 0 radical (unpaired) electrons. The fraction of sp³-hybridized carbons (Fsp3) is 0.593. The van der Waals surface area contributed by atoms with Gasteiger partial charge in [-0.2, -0.15) is 0 Å². The van der Waals surface area contributed by atoms with Gasteiger partial charge in [-0.05, 0) is 66.9 Å². The van der Waals surface area contributed by atoms with Crippen LogP contribution < -0.4 is 0 Å². The van der Waals surface area contributed by atoms with Crippen molar-refractivity contribution in [1.82, 2.24) is 0 Å². The first-order chi connectivity index (χ1) is 17.4. The van der Waals surface area contributed by atoms with Gasteiger partial charge in [0, 0.05) is 17.3 Å². The summed E-state index contributed by atoms with van der Waals surface area (Å²) in [6, 6.07) is 1.87. The van der Waals surface area contributed by atoms with Gasteiger partial charge in [-0.25, -0.2) is 18.0 Å². The van der Waals surface area contributed by atoms with Crippen LogP contribution in [0.1, 0.15) is 44.2 Å². The number of furan rings is 1. The minimum atomic E-state index is -2.53. The number of halogens is 3. The van der Waals surface area contributed by atoms with Crippen molar-refractivity contribution >= 4 is 28.6 Å². The Morgan fingerprint density at radius 2 is 2.05 bits per heavy atom. The van der Waals surface area contributed by atoms with E-state index in [1.807, 2.05) is 6.92 Å². The van der Waals surface area contributed by atoms with Gasteiger partial charge in [0.25, 0.3) is 0 Å². The second-order valence-corrected chi connectivity index (χ2v) is 12.1. The Morgan fingerprint density at radius 3 is 2.70 bits per heavy atom. The molecule has 1 N–H and O–H groups in total. The molecule has 37 heavy (non-hydrogen) atoms. The zero-order valence-corrected chi connectivity index (χ0v) is 21.5. The maximum absolute atomic E-state index is 17.7. The number of thioether (sulfide) groups is 1. The molecule has 6 nitrogen and oxygen atoms in total. The average Bonchev–Trinajstić information content (AvgIpc) is 3.45. The van der Waals surface area contributed by atoms with Crippen LogP contribution in [0.3, 0.4) is 0 Å². The second kappa shape index (κ2) is 8.86. The fourth-order valence-electron chi connectivity index (χ4n) is 7.89. The van der Waals surface area contributed by atoms with Crippen molar-refractivity contribution in [3.8, 4) is 0 Å². The molecule has 3 saturated carbocycles. The summed E-state index contributed by atoms with van der Waals surface area (Å²) in [5.74, 6) is -4.78. The molecule has 1 aromatic heterocycles. The Morgan fingerprint density at radius 1 is 1.32 bits per heavy atom. The highest BCUT2D eigenvalue weighted by atomic mass is 32.2. The largest absolute Gasteiger partial charge is 0.457 e. The highest BCUT2D eigenvalue weighted by Gasteiger charge is 2.76. The van der Waals surface area contributed by atoms with E-state index in [1.54, 1.807) is 6.92 Å². The third-order valence-electron chi connectivity index (χ3n) is 9.42. The van der Waals surface area contributed by atoms with E-state index in [0.29, 0.717) is 18.2 Å². The van der Waals surface area contributed by atoms with E-state index >= 15 is 8.78 Å². The van der Waals surface area contributed by atoms with Gasteiger partial charge in [-0.1, -0.05) is 31.7 Å². The molecule has 1 heterocycles. The average molecular weight is 539 g/mol. The normalized spacial score (nSPS) is 44.5. The summed E-state index contributed by atoms with van der Waals surface area (Å²) in [6.07, 6.45) is -0.557. The molecule has 3 fully saturated rings. The maximum atomic E-state index is 17.7. The van der Waals surface area contributed by atoms with E-state index in [0.717, 1.165) is 12.2 Å². The van der Waals surface area contributed by atoms with Gasteiger partial charge >= 0.3 is 5.97 Å². The second-order valence-electron chi connectivity index (χ2n) is 11.2. The van der Waals surface area contributed by atoms with Crippen LogP contribution in [0, 0.1) is 34.5 Å². The van der Waals surface area contributed by atoms with Crippen LogP contribution in [0.15, 0.2) is 46.6 Å². The summed E-state index contributed by atoms with van der Waals surface area (Å²) >= 11 is 0.534. The van der Waals surface area contributed by atoms with Gasteiger partial charge in [-0.3, -0.25) is 9.59 Å². The molecule has 10 atom stereocenters. The first kappa shape index (κ1) is 26.3. The molecule has 4 aliphatic rings. The number of alkyl halides is 3. The summed E-state index contributed by atoms with van der Waals surface area (Å²) in [7, 11) is 0. The van der Waals surface area contributed by atoms with Gasteiger partial charge in [0.15, 0.2) is 22.7 Å². The van der Waals surface area contributed by atoms with Crippen molar-refractivity contribution in [1.29, 1.82) is 0 Å². The lowest BCUT2D eigenvalue weighted by molar-refractivity contribution is -0.232. The van der Waals surface area contributed by atoms with Crippen molar-refractivity contribution in [3.05, 3.63) is 48.0 Å². The van der Waals surface area contributed by atoms with Crippen LogP contribution in [0.25, 0.3) is 0 Å². The van der Waals surface area contributed by atoms with Crippen LogP contribution in [-0.4, -0.2) is 52.0 Å². The SMILES string of the molecule is C[C@@H]1C[C@H]2[C@@H]3[C@H](OC(=O)c4ccco4)[C@H](F)C4=CC(=O)C=C[C@]4(C)[C@@]3(F)[C@@H](O)C[C@]2(C)[C@H]1C(=O)SCF. The number of allylic oxidation sites excluding steroid dienone is 3. The summed E-state index contributed by atoms with van der Waals surface area (Å²) in [4.78, 5) is 38.1. The van der Waals surface area contributed by atoms with Crippen LogP contribution >= 0.6 is 11.8 Å². The van der Waals surface area contributed by atoms with E-state index in [-0.39, 0.29) is 23.7 Å². The van der Waals surface area contributed by atoms with Crippen molar-refractivity contribution in [2.75, 3.05) is 6.01 Å². The number of esters is 1. The molecule has 5 rings (SSSR count). The maximum Gasteiger partial charge on any atom is 0.374 e. The summed E-state index contributed by atoms with van der Waals surface area (Å²) < 4.78 is 57.9. The number of ether oxygens (including phenoxy) is 1. The number of carbonyl (C=O) groups is 3. The molecule has 200 valence electrons. The number of ketones is 1. The van der Waals surface area contributed by atoms with Crippen LogP contribution in [0.2, 0.25) is 0 Å². The minimum absolute atomic E-state index is 0.126. The van der Waals surface area contributed by atoms with Crippen molar-refractivity contribution in [2.45, 2.75) is 57.7 Å². The van der Waals surface area contributed by atoms with Gasteiger partial charge in [-0.15, -0.1) is 0 Å². The number of hydrogen-bond acceptors (Lipinski definition) is 7. The molecule has 0 spiro atoms. The summed E-state index contributed by atoms with van der Waals surface area (Å²) in [6.45, 7) is 5.00. The van der Waals surface area contributed by atoms with Crippen molar-refractivity contribution in [3.63, 3.8) is 0 Å². The molecule has 0 aliphatic heterocycles. The van der Waals surface area contributed by atoms with E-state index in [4.69, 9.17) is 9.15 Å². The molecule has 4 aliphatic carbocycles. The van der Waals surface area contributed by atoms with Crippen LogP contribution in [0.5, 0.6) is 0 Å². The lowest BCUT2D eigenvalue weighted by Gasteiger charge is -2.63. The third-order valence-corrected chi connectivity index (χ3v) is 10.1. The molecule has 0 aromatic carbocycles. The summed E-state index contributed by atoms with van der Waals surface area (Å²) in [5, 5.41) is 11.1. The monoisotopic (exact) mass is 538 g/mol. The number of aliphatic hydroxyl groups is 1. The molecule has 10 heteroatoms. The molecule has 1 aromatic rings. The van der Waals surface area contributed by atoms with Crippen molar-refractivity contribution < 1.29 is 41.8 Å². The van der Waals surface area contributed by atoms with Gasteiger partial charge in [0.05, 0.1) is 12.4 Å². The molecule has 0 amide bonds.